The van der Waals surface area contributed by atoms with Crippen molar-refractivity contribution in [1.82, 2.24) is 10.2 Å². The van der Waals surface area contributed by atoms with Crippen molar-refractivity contribution in [3.05, 3.63) is 5.32 Å². The van der Waals surface area contributed by atoms with Crippen LogP contribution in [-0.2, 0) is 25.2 Å². The predicted octanol–water partition coefficient (Wildman–Crippen LogP) is 3.18. The van der Waals surface area contributed by atoms with Crippen molar-refractivity contribution in [2.75, 3.05) is 13.1 Å². The molecule has 0 spiro atoms. The summed E-state index contributed by atoms with van der Waals surface area (Å²) in [6.07, 6.45) is 12.2. The summed E-state index contributed by atoms with van der Waals surface area (Å²) in [5.74, 6) is 1.64. The maximum atomic E-state index is 13.3. The predicted molar refractivity (Wildman–Crippen MR) is 110 cm³/mol. The molecule has 0 aromatic carbocycles. The molecule has 3 heterocycles. The largest absolute Gasteiger partial charge is 0.662 e. The van der Waals surface area contributed by atoms with Gasteiger partial charge in [0.2, 0.25) is 0 Å². The Bertz CT molecular complexity index is 628. The van der Waals surface area contributed by atoms with Gasteiger partial charge in [-0.2, -0.15) is 0 Å². The molecule has 3 saturated heterocycles. The number of urea groups is 1. The molecule has 169 valence electrons. The van der Waals surface area contributed by atoms with Crippen LogP contribution in [0.25, 0.3) is 5.32 Å². The number of nitrogens with zero attached hydrogens (tertiary/aromatic N) is 2. The van der Waals surface area contributed by atoms with Crippen LogP contribution >= 0.6 is 0 Å². The first kappa shape index (κ1) is 21.6. The molecule has 2 N–H and O–H groups in total. The van der Waals surface area contributed by atoms with Crippen molar-refractivity contribution in [2.24, 2.45) is 17.8 Å². The monoisotopic (exact) mass is 589 g/mol. The number of hydrogen-bond acceptors (Lipinski definition) is 3. The van der Waals surface area contributed by atoms with Gasteiger partial charge < -0.3 is 25.4 Å². The van der Waals surface area contributed by atoms with Crippen molar-refractivity contribution in [2.45, 2.75) is 107 Å². The van der Waals surface area contributed by atoms with Crippen molar-refractivity contribution >= 4 is 6.03 Å². The van der Waals surface area contributed by atoms with Gasteiger partial charge in [0.05, 0.1) is 17.8 Å². The van der Waals surface area contributed by atoms with Gasteiger partial charge in [-0.3, -0.25) is 0 Å². The fraction of sp³-hybridized carbons (Fsp3) is 0.957. The van der Waals surface area contributed by atoms with Crippen LogP contribution in [0.1, 0.15) is 70.6 Å². The van der Waals surface area contributed by atoms with E-state index in [1.54, 1.807) is 0 Å². The Labute approximate surface area is 193 Å². The maximum absolute atomic E-state index is 13.3. The van der Waals surface area contributed by atoms with E-state index in [2.05, 4.69) is 15.5 Å². The third kappa shape index (κ3) is 3.88. The number of amides is 2. The number of nitrogens with one attached hydrogen (secondary N) is 1. The van der Waals surface area contributed by atoms with Crippen LogP contribution in [0.5, 0.6) is 0 Å². The Kier molecular flexibility index (Phi) is 5.99. The summed E-state index contributed by atoms with van der Waals surface area (Å²) in [4.78, 5) is 15.5. The summed E-state index contributed by atoms with van der Waals surface area (Å²) < 4.78 is 6.43. The summed E-state index contributed by atoms with van der Waals surface area (Å²) in [7, 11) is 0. The Morgan fingerprint density at radius 2 is 1.57 bits per heavy atom. The van der Waals surface area contributed by atoms with Gasteiger partial charge in [0.1, 0.15) is 0 Å². The Hall–Kier alpha value is -0.188. The Morgan fingerprint density at radius 1 is 0.933 bits per heavy atom. The third-order valence-electron chi connectivity index (χ3n) is 9.06. The average Bonchev–Trinajstić information content (AvgIpc) is 2.95. The summed E-state index contributed by atoms with van der Waals surface area (Å²) in [6, 6.07) is 1.12. The van der Waals surface area contributed by atoms with Gasteiger partial charge in [-0.25, -0.2) is 4.79 Å². The van der Waals surface area contributed by atoms with E-state index in [4.69, 9.17) is 4.74 Å². The third-order valence-corrected chi connectivity index (χ3v) is 9.06. The molecule has 7 heteroatoms. The molecule has 3 aliphatic heterocycles. The average molecular weight is 589 g/mol. The van der Waals surface area contributed by atoms with Crippen LogP contribution in [0.2, 0.25) is 0 Å². The van der Waals surface area contributed by atoms with E-state index in [1.165, 1.54) is 12.8 Å². The molecule has 0 aromatic heterocycles. The van der Waals surface area contributed by atoms with E-state index >= 15 is 0 Å². The molecule has 2 amide bonds. The van der Waals surface area contributed by atoms with E-state index < -0.39 is 5.60 Å². The molecule has 4 aliphatic carbocycles. The number of piperidine rings is 2. The van der Waals surface area contributed by atoms with Crippen LogP contribution in [0.3, 0.4) is 0 Å². The van der Waals surface area contributed by atoms with E-state index in [0.29, 0.717) is 42.0 Å². The number of ether oxygens (including phenoxy) is 1. The van der Waals surface area contributed by atoms with Gasteiger partial charge in [-0.05, 0) is 88.4 Å². The van der Waals surface area contributed by atoms with Crippen LogP contribution < -0.4 is 5.32 Å². The molecule has 6 bridgehead atoms. The zero-order chi connectivity index (χ0) is 19.6. The fourth-order valence-corrected chi connectivity index (χ4v) is 8.14. The topological polar surface area (TPSA) is 75.9 Å². The van der Waals surface area contributed by atoms with E-state index in [-0.39, 0.29) is 32.5 Å². The molecular weight excluding hydrogens is 552 g/mol. The first-order chi connectivity index (χ1) is 14.1. The molecule has 7 aliphatic rings. The standard InChI is InChI=1S/C23H36N3O3.Re/c27-22(25-21-15-7-14-8-16(21)13-23(28,11-14)12-15)26-17-1-2-18(26)10-20(9-17)29-19-3-5-24-6-4-19;/h14-21,28H,1-13H2,(H,25,27);/q-1;/t14?,15?,16?,17-,18+,20?,21?,23?;. The first-order valence-corrected chi connectivity index (χ1v) is 12.2. The number of rotatable bonds is 3. The van der Waals surface area contributed by atoms with Crippen molar-refractivity contribution < 1.29 is 35.1 Å². The van der Waals surface area contributed by atoms with Crippen LogP contribution in [0.4, 0.5) is 4.79 Å². The number of fused-ring (bicyclic) bond motifs is 2. The second-order valence-electron chi connectivity index (χ2n) is 11.1. The summed E-state index contributed by atoms with van der Waals surface area (Å²) in [5, 5.41) is 18.7. The molecule has 1 radical (unpaired) electrons. The molecule has 4 saturated carbocycles. The van der Waals surface area contributed by atoms with Crippen molar-refractivity contribution in [3.63, 3.8) is 0 Å². The number of carbonyl (C=O) groups excluding carboxylic acids is 1. The van der Waals surface area contributed by atoms with Crippen LogP contribution in [0.15, 0.2) is 0 Å². The Balaban J connectivity index is 0.00000193. The molecule has 0 aromatic rings. The van der Waals surface area contributed by atoms with Gasteiger partial charge >= 0.3 is 6.03 Å². The zero-order valence-corrected chi connectivity index (χ0v) is 20.6. The first-order valence-electron chi connectivity index (χ1n) is 12.2. The molecule has 5 atom stereocenters. The van der Waals surface area contributed by atoms with Crippen molar-refractivity contribution in [3.8, 4) is 0 Å². The van der Waals surface area contributed by atoms with Crippen molar-refractivity contribution in [1.29, 1.82) is 0 Å². The SMILES string of the molecule is O=C(NC1C2CC3CC1CC(O)(C3)C2)N1[C@@H]2CC[C@H]1CC(OC1CC[N-]CC1)C2.[Re]. The smallest absolute Gasteiger partial charge is 0.318 e. The molecule has 7 fully saturated rings. The Morgan fingerprint density at radius 3 is 2.17 bits per heavy atom. The zero-order valence-electron chi connectivity index (χ0n) is 17.8. The summed E-state index contributed by atoms with van der Waals surface area (Å²) in [6.45, 7) is 1.89. The second-order valence-corrected chi connectivity index (χ2v) is 11.1. The van der Waals surface area contributed by atoms with Gasteiger partial charge in [0, 0.05) is 38.5 Å². The van der Waals surface area contributed by atoms with E-state index in [9.17, 15) is 9.90 Å². The summed E-state index contributed by atoms with van der Waals surface area (Å²) in [5.41, 5.74) is -0.432. The molecular formula is C23H36N3O3Re-. The normalized spacial score (nSPS) is 47.2. The quantitative estimate of drug-likeness (QED) is 0.532. The fourth-order valence-electron chi connectivity index (χ4n) is 8.14. The minimum absolute atomic E-state index is 0. The molecule has 7 rings (SSSR count). The molecule has 30 heavy (non-hydrogen) atoms. The molecule has 6 nitrogen and oxygen atoms in total. The van der Waals surface area contributed by atoms with Crippen LogP contribution in [0, 0.1) is 17.8 Å². The minimum Gasteiger partial charge on any atom is -0.662 e. The van der Waals surface area contributed by atoms with E-state index in [1.807, 2.05) is 0 Å². The van der Waals surface area contributed by atoms with Gasteiger partial charge in [0.15, 0.2) is 0 Å². The number of aliphatic hydroxyl groups is 1. The van der Waals surface area contributed by atoms with Crippen LogP contribution in [-0.4, -0.2) is 65.1 Å². The number of carbonyl (C=O) groups is 1. The summed E-state index contributed by atoms with van der Waals surface area (Å²) >= 11 is 0. The maximum Gasteiger partial charge on any atom is 0.318 e. The molecule has 3 unspecified atom stereocenters. The van der Waals surface area contributed by atoms with Gasteiger partial charge in [-0.15, -0.1) is 13.1 Å². The van der Waals surface area contributed by atoms with Gasteiger partial charge in [-0.1, -0.05) is 0 Å². The number of hydrogen-bond donors (Lipinski definition) is 2. The van der Waals surface area contributed by atoms with Gasteiger partial charge in [0.25, 0.3) is 0 Å². The minimum atomic E-state index is -0.432. The van der Waals surface area contributed by atoms with E-state index in [0.717, 1.165) is 70.9 Å². The second kappa shape index (κ2) is 8.30.